The Bertz CT molecular complexity index is 389. The molecule has 0 radical (unpaired) electrons. The largest absolute Gasteiger partial charge is 0.372 e. The summed E-state index contributed by atoms with van der Waals surface area (Å²) in [4.78, 5) is 4.62. The highest BCUT2D eigenvalue weighted by molar-refractivity contribution is 7.09. The zero-order valence-corrected chi connectivity index (χ0v) is 12.5. The third kappa shape index (κ3) is 3.53. The molecule has 0 aliphatic heterocycles. The van der Waals surface area contributed by atoms with Gasteiger partial charge in [-0.3, -0.25) is 0 Å². The summed E-state index contributed by atoms with van der Waals surface area (Å²) in [6.07, 6.45) is 4.67. The lowest BCUT2D eigenvalue weighted by Crippen LogP contribution is -2.41. The Morgan fingerprint density at radius 2 is 2.06 bits per heavy atom. The van der Waals surface area contributed by atoms with Gasteiger partial charge in [0.1, 0.15) is 5.01 Å². The number of nitrogens with two attached hydrogens (primary N) is 1. The van der Waals surface area contributed by atoms with Crippen LogP contribution in [0.25, 0.3) is 0 Å². The van der Waals surface area contributed by atoms with Gasteiger partial charge in [-0.05, 0) is 12.8 Å². The monoisotopic (exact) mass is 268 g/mol. The lowest BCUT2D eigenvalue weighted by Gasteiger charge is -2.22. The zero-order chi connectivity index (χ0) is 13.2. The van der Waals surface area contributed by atoms with Crippen LogP contribution in [0.1, 0.15) is 57.2 Å². The molecule has 18 heavy (non-hydrogen) atoms. The van der Waals surface area contributed by atoms with Gasteiger partial charge < -0.3 is 10.5 Å². The predicted octanol–water partition coefficient (Wildman–Crippen LogP) is 3.23. The van der Waals surface area contributed by atoms with Gasteiger partial charge in [0, 0.05) is 16.3 Å². The summed E-state index contributed by atoms with van der Waals surface area (Å²) in [5.74, 6) is 0. The van der Waals surface area contributed by atoms with Gasteiger partial charge in [-0.1, -0.05) is 33.6 Å². The molecular weight excluding hydrogens is 244 g/mol. The van der Waals surface area contributed by atoms with E-state index in [1.165, 1.54) is 12.8 Å². The summed E-state index contributed by atoms with van der Waals surface area (Å²) in [6, 6.07) is 0. The van der Waals surface area contributed by atoms with Crippen molar-refractivity contribution in [1.29, 1.82) is 0 Å². The standard InChI is InChI=1S/C14H24N2OS/c1-13(2,3)11-9-18-12(16-11)8-17-10-14(15)6-4-5-7-14/h9H,4-8,10,15H2,1-3H3. The van der Waals surface area contributed by atoms with Crippen molar-refractivity contribution in [2.75, 3.05) is 6.61 Å². The first-order chi connectivity index (χ1) is 8.39. The van der Waals surface area contributed by atoms with Crippen molar-refractivity contribution < 1.29 is 4.74 Å². The first-order valence-corrected chi connectivity index (χ1v) is 7.59. The lowest BCUT2D eigenvalue weighted by molar-refractivity contribution is 0.0748. The fourth-order valence-electron chi connectivity index (χ4n) is 2.29. The summed E-state index contributed by atoms with van der Waals surface area (Å²) in [5.41, 5.74) is 7.44. The topological polar surface area (TPSA) is 48.1 Å². The number of nitrogens with zero attached hydrogens (tertiary/aromatic N) is 1. The van der Waals surface area contributed by atoms with Crippen LogP contribution in [0.2, 0.25) is 0 Å². The van der Waals surface area contributed by atoms with Crippen LogP contribution in [-0.2, 0) is 16.8 Å². The van der Waals surface area contributed by atoms with E-state index in [2.05, 4.69) is 31.1 Å². The maximum absolute atomic E-state index is 6.26. The van der Waals surface area contributed by atoms with E-state index >= 15 is 0 Å². The molecule has 1 saturated carbocycles. The molecule has 0 unspecified atom stereocenters. The predicted molar refractivity (Wildman–Crippen MR) is 75.9 cm³/mol. The van der Waals surface area contributed by atoms with Crippen molar-refractivity contribution in [3.8, 4) is 0 Å². The summed E-state index contributed by atoms with van der Waals surface area (Å²) in [5, 5.41) is 3.19. The second kappa shape index (κ2) is 5.27. The molecule has 0 saturated heterocycles. The van der Waals surface area contributed by atoms with Crippen LogP contribution in [0.4, 0.5) is 0 Å². The van der Waals surface area contributed by atoms with Crippen molar-refractivity contribution in [2.24, 2.45) is 5.73 Å². The molecule has 2 rings (SSSR count). The minimum absolute atomic E-state index is 0.0792. The van der Waals surface area contributed by atoms with E-state index in [-0.39, 0.29) is 11.0 Å². The molecule has 1 aliphatic rings. The summed E-state index contributed by atoms with van der Waals surface area (Å²) >= 11 is 1.68. The first kappa shape index (κ1) is 14.0. The molecule has 1 fully saturated rings. The fourth-order valence-corrected chi connectivity index (χ4v) is 3.24. The Labute approximate surface area is 114 Å². The molecule has 2 N–H and O–H groups in total. The molecule has 3 nitrogen and oxygen atoms in total. The van der Waals surface area contributed by atoms with E-state index in [4.69, 9.17) is 10.5 Å². The summed E-state index contributed by atoms with van der Waals surface area (Å²) < 4.78 is 5.76. The third-order valence-corrected chi connectivity index (χ3v) is 4.36. The average Bonchev–Trinajstić information content (AvgIpc) is 2.87. The molecule has 1 aliphatic carbocycles. The minimum Gasteiger partial charge on any atom is -0.372 e. The Hall–Kier alpha value is -0.450. The van der Waals surface area contributed by atoms with Crippen LogP contribution in [0.3, 0.4) is 0 Å². The van der Waals surface area contributed by atoms with Crippen molar-refractivity contribution in [3.05, 3.63) is 16.1 Å². The van der Waals surface area contributed by atoms with E-state index < -0.39 is 0 Å². The van der Waals surface area contributed by atoms with Gasteiger partial charge in [0.05, 0.1) is 18.9 Å². The first-order valence-electron chi connectivity index (χ1n) is 6.71. The molecule has 0 aromatic carbocycles. The smallest absolute Gasteiger partial charge is 0.119 e. The molecule has 0 spiro atoms. The molecule has 0 bridgehead atoms. The fraction of sp³-hybridized carbons (Fsp3) is 0.786. The molecule has 102 valence electrons. The van der Waals surface area contributed by atoms with E-state index in [1.807, 2.05) is 0 Å². The average molecular weight is 268 g/mol. The van der Waals surface area contributed by atoms with Crippen LogP contribution in [-0.4, -0.2) is 17.1 Å². The Kier molecular flexibility index (Phi) is 4.09. The Morgan fingerprint density at radius 1 is 1.39 bits per heavy atom. The number of ether oxygens (including phenoxy) is 1. The normalized spacial score (nSPS) is 19.3. The second-order valence-electron chi connectivity index (χ2n) is 6.44. The maximum Gasteiger partial charge on any atom is 0.119 e. The molecule has 1 aromatic heterocycles. The number of rotatable bonds is 4. The highest BCUT2D eigenvalue weighted by Gasteiger charge is 2.29. The van der Waals surface area contributed by atoms with Crippen molar-refractivity contribution >= 4 is 11.3 Å². The van der Waals surface area contributed by atoms with Crippen LogP contribution >= 0.6 is 11.3 Å². The van der Waals surface area contributed by atoms with Crippen LogP contribution in [0, 0.1) is 0 Å². The van der Waals surface area contributed by atoms with Crippen molar-refractivity contribution in [2.45, 2.75) is 64.0 Å². The Balaban J connectivity index is 1.82. The van der Waals surface area contributed by atoms with Crippen molar-refractivity contribution in [3.63, 3.8) is 0 Å². The number of hydrogen-bond donors (Lipinski definition) is 1. The van der Waals surface area contributed by atoms with E-state index in [9.17, 15) is 0 Å². The molecule has 0 amide bonds. The zero-order valence-electron chi connectivity index (χ0n) is 11.7. The van der Waals surface area contributed by atoms with Gasteiger partial charge in [-0.25, -0.2) is 4.98 Å². The summed E-state index contributed by atoms with van der Waals surface area (Å²) in [6.45, 7) is 7.80. The van der Waals surface area contributed by atoms with Gasteiger partial charge in [-0.2, -0.15) is 0 Å². The van der Waals surface area contributed by atoms with Gasteiger partial charge in [0.15, 0.2) is 0 Å². The van der Waals surface area contributed by atoms with Gasteiger partial charge in [-0.15, -0.1) is 11.3 Å². The number of hydrogen-bond acceptors (Lipinski definition) is 4. The molecular formula is C14H24N2OS. The van der Waals surface area contributed by atoms with Crippen LogP contribution in [0.15, 0.2) is 5.38 Å². The summed E-state index contributed by atoms with van der Waals surface area (Å²) in [7, 11) is 0. The highest BCUT2D eigenvalue weighted by atomic mass is 32.1. The van der Waals surface area contributed by atoms with Crippen molar-refractivity contribution in [1.82, 2.24) is 4.98 Å². The molecule has 1 aromatic rings. The lowest BCUT2D eigenvalue weighted by atomic mass is 9.93. The molecule has 0 atom stereocenters. The van der Waals surface area contributed by atoms with Crippen LogP contribution in [0.5, 0.6) is 0 Å². The molecule has 4 heteroatoms. The Morgan fingerprint density at radius 3 is 2.61 bits per heavy atom. The van der Waals surface area contributed by atoms with E-state index in [0.717, 1.165) is 23.5 Å². The maximum atomic E-state index is 6.26. The van der Waals surface area contributed by atoms with Gasteiger partial charge in [0.2, 0.25) is 0 Å². The third-order valence-electron chi connectivity index (χ3n) is 3.53. The highest BCUT2D eigenvalue weighted by Crippen LogP contribution is 2.28. The van der Waals surface area contributed by atoms with Gasteiger partial charge >= 0.3 is 0 Å². The second-order valence-corrected chi connectivity index (χ2v) is 7.38. The number of thiazole rings is 1. The molecule has 1 heterocycles. The van der Waals surface area contributed by atoms with E-state index in [0.29, 0.717) is 13.2 Å². The van der Waals surface area contributed by atoms with Gasteiger partial charge in [0.25, 0.3) is 0 Å². The van der Waals surface area contributed by atoms with E-state index in [1.54, 1.807) is 11.3 Å². The minimum atomic E-state index is -0.0792. The number of aromatic nitrogens is 1. The quantitative estimate of drug-likeness (QED) is 0.912. The SMILES string of the molecule is CC(C)(C)c1csc(COCC2(N)CCCC2)n1. The van der Waals surface area contributed by atoms with Crippen LogP contribution < -0.4 is 5.73 Å².